The number of hydrogen-bond donors (Lipinski definition) is 1. The molecule has 6 heteroatoms. The maximum atomic E-state index is 11.0. The smallest absolute Gasteiger partial charge is 0.320 e. The summed E-state index contributed by atoms with van der Waals surface area (Å²) in [6.07, 6.45) is 0.538. The molecule has 1 heterocycles. The number of aromatic nitrogens is 2. The summed E-state index contributed by atoms with van der Waals surface area (Å²) in [5, 5.41) is 12.9. The van der Waals surface area contributed by atoms with E-state index in [1.165, 1.54) is 0 Å². The van der Waals surface area contributed by atoms with Crippen molar-refractivity contribution in [1.82, 2.24) is 15.0 Å². The average molecular weight is 255 g/mol. The van der Waals surface area contributed by atoms with E-state index in [2.05, 4.69) is 10.1 Å². The maximum Gasteiger partial charge on any atom is 0.320 e. The van der Waals surface area contributed by atoms with Gasteiger partial charge in [0.05, 0.1) is 6.54 Å². The Hall–Kier alpha value is -1.43. The summed E-state index contributed by atoms with van der Waals surface area (Å²) >= 11 is 0. The van der Waals surface area contributed by atoms with Crippen LogP contribution in [0.25, 0.3) is 0 Å². The molecule has 0 bridgehead atoms. The van der Waals surface area contributed by atoms with E-state index in [-0.39, 0.29) is 5.41 Å². The van der Waals surface area contributed by atoms with E-state index in [1.54, 1.807) is 11.9 Å². The third-order valence-corrected chi connectivity index (χ3v) is 2.70. The molecule has 0 fully saturated rings. The molecule has 6 nitrogen and oxygen atoms in total. The van der Waals surface area contributed by atoms with Crippen molar-refractivity contribution in [2.24, 2.45) is 0 Å². The molecule has 1 atom stereocenters. The lowest BCUT2D eigenvalue weighted by Crippen LogP contribution is -2.37. The van der Waals surface area contributed by atoms with Gasteiger partial charge in [-0.25, -0.2) is 0 Å². The van der Waals surface area contributed by atoms with Crippen molar-refractivity contribution in [2.75, 3.05) is 7.05 Å². The molecule has 0 saturated carbocycles. The normalized spacial score (nSPS) is 13.9. The fourth-order valence-electron chi connectivity index (χ4n) is 1.63. The second-order valence-electron chi connectivity index (χ2n) is 5.44. The number of carboxylic acids is 1. The lowest BCUT2D eigenvalue weighted by molar-refractivity contribution is -0.143. The average Bonchev–Trinajstić information content (AvgIpc) is 2.65. The molecule has 1 rings (SSSR count). The number of likely N-dealkylation sites (N-methyl/N-ethyl adjacent to an activating group) is 1. The molecule has 102 valence electrons. The van der Waals surface area contributed by atoms with Gasteiger partial charge in [-0.1, -0.05) is 32.9 Å². The standard InChI is InChI=1S/C12H21N3O3/c1-6-8(10(16)17)15(5)7-9-13-11(18-14-9)12(2,3)4/h8H,6-7H2,1-5H3,(H,16,17). The van der Waals surface area contributed by atoms with Crippen LogP contribution in [0.15, 0.2) is 4.52 Å². The number of carboxylic acid groups (broad SMARTS) is 1. The van der Waals surface area contributed by atoms with Gasteiger partial charge in [-0.2, -0.15) is 4.98 Å². The zero-order chi connectivity index (χ0) is 13.9. The van der Waals surface area contributed by atoms with Gasteiger partial charge in [0, 0.05) is 5.41 Å². The summed E-state index contributed by atoms with van der Waals surface area (Å²) in [4.78, 5) is 17.0. The van der Waals surface area contributed by atoms with E-state index in [0.29, 0.717) is 24.7 Å². The molecule has 0 amide bonds. The van der Waals surface area contributed by atoms with Gasteiger partial charge < -0.3 is 9.63 Å². The molecule has 1 N–H and O–H groups in total. The predicted molar refractivity (Wildman–Crippen MR) is 66.2 cm³/mol. The van der Waals surface area contributed by atoms with Crippen LogP contribution in [0.5, 0.6) is 0 Å². The third kappa shape index (κ3) is 3.53. The highest BCUT2D eigenvalue weighted by atomic mass is 16.5. The molecule has 1 aromatic rings. The number of aliphatic carboxylic acids is 1. The van der Waals surface area contributed by atoms with Crippen LogP contribution in [0.3, 0.4) is 0 Å². The van der Waals surface area contributed by atoms with Crippen molar-refractivity contribution in [1.29, 1.82) is 0 Å². The van der Waals surface area contributed by atoms with Crippen molar-refractivity contribution in [3.8, 4) is 0 Å². The lowest BCUT2D eigenvalue weighted by Gasteiger charge is -2.21. The Labute approximate surface area is 107 Å². The van der Waals surface area contributed by atoms with Crippen LogP contribution in [0.4, 0.5) is 0 Å². The van der Waals surface area contributed by atoms with Crippen molar-refractivity contribution in [2.45, 2.75) is 52.1 Å². The van der Waals surface area contributed by atoms with Crippen molar-refractivity contribution in [3.05, 3.63) is 11.7 Å². The van der Waals surface area contributed by atoms with Crippen LogP contribution in [-0.2, 0) is 16.8 Å². The zero-order valence-electron chi connectivity index (χ0n) is 11.6. The number of rotatable bonds is 5. The van der Waals surface area contributed by atoms with E-state index >= 15 is 0 Å². The second kappa shape index (κ2) is 5.48. The Kier molecular flexibility index (Phi) is 4.45. The topological polar surface area (TPSA) is 79.5 Å². The Bertz CT molecular complexity index is 409. The molecule has 0 radical (unpaired) electrons. The monoisotopic (exact) mass is 255 g/mol. The molecule has 0 aliphatic heterocycles. The second-order valence-corrected chi connectivity index (χ2v) is 5.44. The highest BCUT2D eigenvalue weighted by Gasteiger charge is 2.25. The first-order valence-electron chi connectivity index (χ1n) is 6.01. The molecule has 1 unspecified atom stereocenters. The Balaban J connectivity index is 2.73. The first kappa shape index (κ1) is 14.6. The summed E-state index contributed by atoms with van der Waals surface area (Å²) in [6.45, 7) is 8.16. The quantitative estimate of drug-likeness (QED) is 0.862. The molecule has 18 heavy (non-hydrogen) atoms. The van der Waals surface area contributed by atoms with Crippen LogP contribution in [0.1, 0.15) is 45.8 Å². The van der Waals surface area contributed by atoms with Gasteiger partial charge in [-0.3, -0.25) is 9.69 Å². The van der Waals surface area contributed by atoms with E-state index in [4.69, 9.17) is 9.63 Å². The van der Waals surface area contributed by atoms with Crippen LogP contribution in [-0.4, -0.2) is 39.2 Å². The van der Waals surface area contributed by atoms with Gasteiger partial charge in [0.25, 0.3) is 0 Å². The number of nitrogens with zero attached hydrogens (tertiary/aromatic N) is 3. The number of carbonyl (C=O) groups is 1. The van der Waals surface area contributed by atoms with Crippen molar-refractivity contribution < 1.29 is 14.4 Å². The zero-order valence-corrected chi connectivity index (χ0v) is 11.6. The first-order valence-corrected chi connectivity index (χ1v) is 6.01. The van der Waals surface area contributed by atoms with Gasteiger partial charge in [0.2, 0.25) is 5.89 Å². The SMILES string of the molecule is CCC(C(=O)O)N(C)Cc1noc(C(C)(C)C)n1. The van der Waals surface area contributed by atoms with Crippen LogP contribution in [0, 0.1) is 0 Å². The third-order valence-electron chi connectivity index (χ3n) is 2.70. The minimum absolute atomic E-state index is 0.194. The predicted octanol–water partition coefficient (Wildman–Crippen LogP) is 1.66. The minimum atomic E-state index is -0.834. The van der Waals surface area contributed by atoms with Gasteiger partial charge >= 0.3 is 5.97 Å². The Morgan fingerprint density at radius 3 is 2.50 bits per heavy atom. The summed E-state index contributed by atoms with van der Waals surface area (Å²) in [5.74, 6) is 0.246. The van der Waals surface area contributed by atoms with E-state index in [9.17, 15) is 4.79 Å². The molecule has 1 aromatic heterocycles. The van der Waals surface area contributed by atoms with E-state index in [1.807, 2.05) is 27.7 Å². The first-order chi connectivity index (χ1) is 8.25. The van der Waals surface area contributed by atoms with Gasteiger partial charge in [0.1, 0.15) is 6.04 Å². The number of hydrogen-bond acceptors (Lipinski definition) is 5. The molecule has 0 spiro atoms. The van der Waals surface area contributed by atoms with Gasteiger partial charge in [0.15, 0.2) is 5.82 Å². The van der Waals surface area contributed by atoms with Crippen molar-refractivity contribution >= 4 is 5.97 Å². The fraction of sp³-hybridized carbons (Fsp3) is 0.750. The summed E-state index contributed by atoms with van der Waals surface area (Å²) in [7, 11) is 1.75. The van der Waals surface area contributed by atoms with Crippen LogP contribution < -0.4 is 0 Å². The summed E-state index contributed by atoms with van der Waals surface area (Å²) in [5.41, 5.74) is -0.194. The maximum absolute atomic E-state index is 11.0. The lowest BCUT2D eigenvalue weighted by atomic mass is 9.97. The summed E-state index contributed by atoms with van der Waals surface area (Å²) in [6, 6.07) is -0.526. The highest BCUT2D eigenvalue weighted by molar-refractivity contribution is 5.73. The van der Waals surface area contributed by atoms with Crippen LogP contribution in [0.2, 0.25) is 0 Å². The Morgan fingerprint density at radius 2 is 2.11 bits per heavy atom. The fourth-order valence-corrected chi connectivity index (χ4v) is 1.63. The largest absolute Gasteiger partial charge is 0.480 e. The Morgan fingerprint density at radius 1 is 1.50 bits per heavy atom. The summed E-state index contributed by atoms with van der Waals surface area (Å²) < 4.78 is 5.17. The minimum Gasteiger partial charge on any atom is -0.480 e. The molecule has 0 aromatic carbocycles. The van der Waals surface area contributed by atoms with Crippen LogP contribution >= 0.6 is 0 Å². The van der Waals surface area contributed by atoms with E-state index < -0.39 is 12.0 Å². The van der Waals surface area contributed by atoms with Gasteiger partial charge in [-0.15, -0.1) is 0 Å². The highest BCUT2D eigenvalue weighted by Crippen LogP contribution is 2.20. The van der Waals surface area contributed by atoms with Crippen molar-refractivity contribution in [3.63, 3.8) is 0 Å². The van der Waals surface area contributed by atoms with Gasteiger partial charge in [-0.05, 0) is 13.5 Å². The van der Waals surface area contributed by atoms with E-state index in [0.717, 1.165) is 0 Å². The molecule has 0 aliphatic rings. The molecular formula is C12H21N3O3. The molecule has 0 aliphatic carbocycles. The molecular weight excluding hydrogens is 234 g/mol. The molecule has 0 saturated heterocycles.